The van der Waals surface area contributed by atoms with Crippen molar-refractivity contribution in [3.8, 4) is 17.4 Å². The van der Waals surface area contributed by atoms with Crippen molar-refractivity contribution in [2.45, 2.75) is 44.8 Å². The summed E-state index contributed by atoms with van der Waals surface area (Å²) in [5.41, 5.74) is 1.86. The van der Waals surface area contributed by atoms with E-state index >= 15 is 0 Å². The van der Waals surface area contributed by atoms with Gasteiger partial charge in [-0.1, -0.05) is 9.97 Å². The Bertz CT molecular complexity index is 1160. The number of amides is 1. The van der Waals surface area contributed by atoms with E-state index in [1.165, 1.54) is 0 Å². The smallest absolute Gasteiger partial charge is 0.403 e. The van der Waals surface area contributed by atoms with E-state index in [1.54, 1.807) is 11.1 Å². The minimum absolute atomic E-state index is 0.0107. The molecule has 0 unspecified atom stereocenters. The molecule has 3 heterocycles. The van der Waals surface area contributed by atoms with Gasteiger partial charge in [-0.15, -0.1) is 0 Å². The van der Waals surface area contributed by atoms with Gasteiger partial charge < -0.3 is 14.4 Å². The molecule has 180 valence electrons. The number of hydrogen-bond donors (Lipinski definition) is 1. The lowest BCUT2D eigenvalue weighted by Crippen LogP contribution is -2.47. The topological polar surface area (TPSA) is 111 Å². The van der Waals surface area contributed by atoms with Gasteiger partial charge in [0.05, 0.1) is 37.5 Å². The molecule has 3 aromatic rings. The van der Waals surface area contributed by atoms with Crippen molar-refractivity contribution < 1.29 is 19.3 Å². The lowest BCUT2D eigenvalue weighted by Gasteiger charge is -2.30. The molecule has 1 aromatic carbocycles. The van der Waals surface area contributed by atoms with Crippen LogP contribution >= 0.6 is 0 Å². The molecule has 10 nitrogen and oxygen atoms in total. The minimum Gasteiger partial charge on any atom is -0.444 e. The molecule has 2 fully saturated rings. The number of aromatic amines is 2. The number of nitrogens with zero attached hydrogens (tertiary/aromatic N) is 5. The fourth-order valence-corrected chi connectivity index (χ4v) is 4.77. The van der Waals surface area contributed by atoms with Gasteiger partial charge in [0.15, 0.2) is 0 Å². The van der Waals surface area contributed by atoms with E-state index in [0.717, 1.165) is 54.6 Å². The predicted octanol–water partition coefficient (Wildman–Crippen LogP) is 2.08. The van der Waals surface area contributed by atoms with Crippen molar-refractivity contribution in [3.05, 3.63) is 24.4 Å². The molecule has 1 amide bonds. The maximum Gasteiger partial charge on any atom is 0.403 e. The van der Waals surface area contributed by atoms with E-state index < -0.39 is 0 Å². The zero-order valence-corrected chi connectivity index (χ0v) is 20.0. The Kier molecular flexibility index (Phi) is 6.32. The van der Waals surface area contributed by atoms with Crippen molar-refractivity contribution in [2.24, 2.45) is 5.92 Å². The third kappa shape index (κ3) is 4.68. The highest BCUT2D eigenvalue weighted by atomic mass is 16.5. The summed E-state index contributed by atoms with van der Waals surface area (Å²) in [6, 6.07) is 6.64. The van der Waals surface area contributed by atoms with Gasteiger partial charge >= 0.3 is 12.0 Å². The van der Waals surface area contributed by atoms with Crippen LogP contribution in [0.4, 0.5) is 5.95 Å². The summed E-state index contributed by atoms with van der Waals surface area (Å²) in [4.78, 5) is 29.1. The summed E-state index contributed by atoms with van der Waals surface area (Å²) in [6.45, 7) is 4.16. The number of morpholine rings is 1. The molecule has 2 aliphatic rings. The molecule has 0 radical (unpaired) electrons. The minimum atomic E-state index is 0.0107. The maximum atomic E-state index is 12.3. The Morgan fingerprint density at radius 1 is 1.24 bits per heavy atom. The lowest BCUT2D eigenvalue weighted by molar-refractivity contribution is -0.394. The van der Waals surface area contributed by atoms with E-state index in [0.29, 0.717) is 25.0 Å². The van der Waals surface area contributed by atoms with Crippen LogP contribution in [0.2, 0.25) is 0 Å². The summed E-state index contributed by atoms with van der Waals surface area (Å²) in [7, 11) is 3.63. The van der Waals surface area contributed by atoms with E-state index in [-0.39, 0.29) is 24.0 Å². The third-order valence-electron chi connectivity index (χ3n) is 6.72. The second kappa shape index (κ2) is 9.54. The van der Waals surface area contributed by atoms with Crippen LogP contribution < -0.4 is 14.6 Å². The Balaban J connectivity index is 1.41. The highest BCUT2D eigenvalue weighted by molar-refractivity contribution is 5.82. The van der Waals surface area contributed by atoms with Crippen LogP contribution in [0, 0.1) is 5.92 Å². The Morgan fingerprint density at radius 3 is 2.82 bits per heavy atom. The van der Waals surface area contributed by atoms with Crippen molar-refractivity contribution in [1.82, 2.24) is 25.1 Å². The average molecular weight is 467 g/mol. The summed E-state index contributed by atoms with van der Waals surface area (Å²) in [5, 5.41) is 8.10. The number of anilines is 1. The molecule has 1 aliphatic heterocycles. The highest BCUT2D eigenvalue weighted by Crippen LogP contribution is 2.29. The average Bonchev–Trinajstić information content (AvgIpc) is 3.32. The largest absolute Gasteiger partial charge is 0.444 e. The molecule has 2 aromatic heterocycles. The van der Waals surface area contributed by atoms with Gasteiger partial charge in [-0.2, -0.15) is 5.10 Å². The van der Waals surface area contributed by atoms with E-state index in [9.17, 15) is 4.79 Å². The van der Waals surface area contributed by atoms with Crippen molar-refractivity contribution in [1.29, 1.82) is 0 Å². The zero-order chi connectivity index (χ0) is 23.7. The first-order chi connectivity index (χ1) is 16.5. The Hall–Kier alpha value is -3.27. The van der Waals surface area contributed by atoms with E-state index in [1.807, 2.05) is 32.3 Å². The number of aromatic nitrogens is 5. The maximum absolute atomic E-state index is 12.3. The molecule has 10 heteroatoms. The summed E-state index contributed by atoms with van der Waals surface area (Å²) in [6.07, 6.45) is 5.10. The second-order valence-corrected chi connectivity index (χ2v) is 9.41. The lowest BCUT2D eigenvalue weighted by atomic mass is 9.86. The molecule has 1 aliphatic carbocycles. The summed E-state index contributed by atoms with van der Waals surface area (Å²) >= 11 is 0. The number of rotatable bonds is 5. The molecular formula is C24H32N7O3+. The molecule has 1 saturated heterocycles. The first-order valence-corrected chi connectivity index (χ1v) is 11.9. The molecule has 1 atom stereocenters. The summed E-state index contributed by atoms with van der Waals surface area (Å²) in [5.74, 6) is 1.60. The van der Waals surface area contributed by atoms with Crippen LogP contribution in [-0.2, 0) is 9.53 Å². The van der Waals surface area contributed by atoms with E-state index in [4.69, 9.17) is 19.4 Å². The second-order valence-electron chi connectivity index (χ2n) is 9.41. The zero-order valence-electron chi connectivity index (χ0n) is 20.0. The monoisotopic (exact) mass is 466 g/mol. The van der Waals surface area contributed by atoms with Gasteiger partial charge in [0.25, 0.3) is 5.82 Å². The van der Waals surface area contributed by atoms with Gasteiger partial charge in [0.2, 0.25) is 5.91 Å². The van der Waals surface area contributed by atoms with Gasteiger partial charge in [-0.25, -0.2) is 4.98 Å². The van der Waals surface area contributed by atoms with Gasteiger partial charge in [-0.05, 0) is 50.8 Å². The van der Waals surface area contributed by atoms with E-state index in [2.05, 4.69) is 27.0 Å². The molecule has 0 spiro atoms. The number of carbonyl (C=O) groups excluding carboxylic acids is 1. The van der Waals surface area contributed by atoms with Gasteiger partial charge in [0.1, 0.15) is 6.10 Å². The first-order valence-electron chi connectivity index (χ1n) is 11.9. The fourth-order valence-electron chi connectivity index (χ4n) is 4.77. The van der Waals surface area contributed by atoms with Crippen LogP contribution in [0.25, 0.3) is 22.3 Å². The standard InChI is InChI=1S/C24H31N7O3/c1-15-14-33-11-10-31(15)23-26-21(17-6-9-20-18(12-17)13-25-29-20)27-24(28-23)34-19-7-4-16(5-8-19)22(32)30(2)3/h6,9,12-13,15-16,19H,4-5,7-8,10-11,14H2,1-3H3,(H,25,29)/p+1/t15-,16?,19?/m0/s1. The Morgan fingerprint density at radius 2 is 2.06 bits per heavy atom. The number of hydrogen-bond acceptors (Lipinski definition) is 7. The molecule has 2 N–H and O–H groups in total. The molecule has 5 rings (SSSR count). The number of H-pyrrole nitrogens is 2. The van der Waals surface area contributed by atoms with Crippen LogP contribution in [0.3, 0.4) is 0 Å². The molecule has 34 heavy (non-hydrogen) atoms. The van der Waals surface area contributed by atoms with Crippen LogP contribution in [0.15, 0.2) is 24.4 Å². The number of benzene rings is 1. The molecule has 1 saturated carbocycles. The number of carbonyl (C=O) groups is 1. The van der Waals surface area contributed by atoms with Crippen LogP contribution in [0.5, 0.6) is 6.01 Å². The third-order valence-corrected chi connectivity index (χ3v) is 6.72. The van der Waals surface area contributed by atoms with Gasteiger partial charge in [-0.3, -0.25) is 14.8 Å². The van der Waals surface area contributed by atoms with Crippen LogP contribution in [-0.4, -0.2) is 77.0 Å². The Labute approximate surface area is 198 Å². The van der Waals surface area contributed by atoms with Crippen molar-refractivity contribution in [3.63, 3.8) is 0 Å². The first kappa shape index (κ1) is 22.5. The highest BCUT2D eigenvalue weighted by Gasteiger charge is 2.32. The molecule has 0 bridgehead atoms. The summed E-state index contributed by atoms with van der Waals surface area (Å²) < 4.78 is 12.0. The molecular weight excluding hydrogens is 434 g/mol. The SMILES string of the molecule is C[C@H]1COCCN1c1nc(-c2ccc3[nH]ncc3c2)nc(OC2CCC(C(=O)N(C)C)CC2)[nH+]1. The number of nitrogens with one attached hydrogen (secondary N) is 2. The van der Waals surface area contributed by atoms with Gasteiger partial charge in [0, 0.05) is 31.0 Å². The number of fused-ring (bicyclic) bond motifs is 1. The predicted molar refractivity (Wildman–Crippen MR) is 126 cm³/mol. The van der Waals surface area contributed by atoms with Crippen LogP contribution in [0.1, 0.15) is 32.6 Å². The quantitative estimate of drug-likeness (QED) is 0.613. The van der Waals surface area contributed by atoms with Crippen molar-refractivity contribution in [2.75, 3.05) is 38.8 Å². The fraction of sp³-hybridized carbons (Fsp3) is 0.542. The normalized spacial score (nSPS) is 23.1. The van der Waals surface area contributed by atoms with Crippen molar-refractivity contribution >= 4 is 22.8 Å². The number of ether oxygens (including phenoxy) is 2.